The van der Waals surface area contributed by atoms with Gasteiger partial charge >= 0.3 is 0 Å². The molecular formula is C19H21F2N5O2S. The summed E-state index contributed by atoms with van der Waals surface area (Å²) in [5.74, 6) is -1.21. The van der Waals surface area contributed by atoms with Gasteiger partial charge in [-0.05, 0) is 30.8 Å². The molecule has 0 saturated heterocycles. The van der Waals surface area contributed by atoms with Crippen LogP contribution < -0.4 is 14.8 Å². The highest BCUT2D eigenvalue weighted by molar-refractivity contribution is 8.16. The van der Waals surface area contributed by atoms with Gasteiger partial charge in [-0.25, -0.2) is 13.8 Å². The van der Waals surface area contributed by atoms with Gasteiger partial charge in [0.25, 0.3) is 5.91 Å². The summed E-state index contributed by atoms with van der Waals surface area (Å²) >= 11 is 0. The number of anilines is 2. The normalized spacial score (nSPS) is 12.2. The van der Waals surface area contributed by atoms with Crippen LogP contribution in [0.4, 0.5) is 20.2 Å². The van der Waals surface area contributed by atoms with Crippen LogP contribution in [-0.4, -0.2) is 39.3 Å². The monoisotopic (exact) mass is 421 g/mol. The van der Waals surface area contributed by atoms with E-state index in [0.29, 0.717) is 22.6 Å². The third kappa shape index (κ3) is 4.53. The number of hydrogen-bond donors (Lipinski definition) is 3. The highest BCUT2D eigenvalue weighted by Crippen LogP contribution is 2.27. The third-order valence-electron chi connectivity index (χ3n) is 4.06. The number of pyridine rings is 1. The molecule has 1 atom stereocenters. The van der Waals surface area contributed by atoms with Gasteiger partial charge in [-0.2, -0.15) is 0 Å². The van der Waals surface area contributed by atoms with E-state index in [2.05, 4.69) is 25.2 Å². The summed E-state index contributed by atoms with van der Waals surface area (Å²) in [5.41, 5.74) is 0.327. The second-order valence-corrected chi connectivity index (χ2v) is 8.03. The number of amides is 1. The summed E-state index contributed by atoms with van der Waals surface area (Å²) in [5, 5.41) is 11.6. The molecule has 7 nitrogen and oxygen atoms in total. The standard InChI is InChI=1S/C19H21F2N5O2S/c1-4-6-29(5-2)26-15-8-11(20)7-13(16(15)21)18(27)23-12-9-14-17(22-10-12)24-25-19(14)28-3/h5,7-10,26H,4,6H2,1-3H3,(H,23,27)(H,22,24,25). The van der Waals surface area contributed by atoms with E-state index in [1.807, 2.05) is 19.2 Å². The Morgan fingerprint density at radius 2 is 2.14 bits per heavy atom. The molecule has 0 fully saturated rings. The lowest BCUT2D eigenvalue weighted by Gasteiger charge is -2.14. The maximum Gasteiger partial charge on any atom is 0.258 e. The lowest BCUT2D eigenvalue weighted by atomic mass is 10.1. The number of H-pyrrole nitrogens is 1. The molecule has 10 heteroatoms. The largest absolute Gasteiger partial charge is 0.479 e. The van der Waals surface area contributed by atoms with Crippen molar-refractivity contribution < 1.29 is 18.3 Å². The number of halogens is 2. The van der Waals surface area contributed by atoms with Gasteiger partial charge in [0.2, 0.25) is 5.88 Å². The van der Waals surface area contributed by atoms with Crippen LogP contribution >= 0.6 is 10.7 Å². The molecule has 3 aromatic rings. The van der Waals surface area contributed by atoms with Gasteiger partial charge in [0.1, 0.15) is 5.82 Å². The fourth-order valence-corrected chi connectivity index (χ4v) is 4.05. The van der Waals surface area contributed by atoms with Gasteiger partial charge in [0, 0.05) is 11.8 Å². The van der Waals surface area contributed by atoms with E-state index in [9.17, 15) is 13.6 Å². The zero-order valence-corrected chi connectivity index (χ0v) is 17.0. The van der Waals surface area contributed by atoms with E-state index in [1.165, 1.54) is 13.3 Å². The zero-order valence-electron chi connectivity index (χ0n) is 16.2. The summed E-state index contributed by atoms with van der Waals surface area (Å²) in [6.07, 6.45) is 2.27. The predicted molar refractivity (Wildman–Crippen MR) is 113 cm³/mol. The number of nitrogens with zero attached hydrogens (tertiary/aromatic N) is 2. The molecule has 2 heterocycles. The Bertz CT molecular complexity index is 1080. The van der Waals surface area contributed by atoms with E-state index < -0.39 is 33.8 Å². The molecule has 1 unspecified atom stereocenters. The van der Waals surface area contributed by atoms with Gasteiger partial charge in [-0.3, -0.25) is 9.89 Å². The molecule has 3 N–H and O–H groups in total. The number of nitrogens with one attached hydrogen (secondary N) is 3. The van der Waals surface area contributed by atoms with Crippen molar-refractivity contribution in [1.82, 2.24) is 15.2 Å². The minimum absolute atomic E-state index is 0.0462. The molecule has 0 spiro atoms. The molecule has 0 aliphatic rings. The average molecular weight is 421 g/mol. The zero-order chi connectivity index (χ0) is 21.0. The number of fused-ring (bicyclic) bond motifs is 1. The number of aromatic amines is 1. The number of benzene rings is 1. The maximum absolute atomic E-state index is 14.9. The Kier molecular flexibility index (Phi) is 6.42. The van der Waals surface area contributed by atoms with Crippen LogP contribution in [0.3, 0.4) is 0 Å². The van der Waals surface area contributed by atoms with Crippen LogP contribution in [0.15, 0.2) is 24.4 Å². The summed E-state index contributed by atoms with van der Waals surface area (Å²) in [6, 6.07) is 3.51. The Morgan fingerprint density at radius 3 is 2.83 bits per heavy atom. The van der Waals surface area contributed by atoms with Gasteiger partial charge in [0.15, 0.2) is 11.5 Å². The van der Waals surface area contributed by atoms with Gasteiger partial charge in [0.05, 0.1) is 35.6 Å². The first kappa shape index (κ1) is 20.7. The Hall–Kier alpha value is -3.01. The van der Waals surface area contributed by atoms with Crippen molar-refractivity contribution in [2.45, 2.75) is 20.3 Å². The van der Waals surface area contributed by atoms with Crippen molar-refractivity contribution >= 4 is 44.4 Å². The highest BCUT2D eigenvalue weighted by Gasteiger charge is 2.19. The molecule has 0 radical (unpaired) electrons. The Morgan fingerprint density at radius 1 is 1.34 bits per heavy atom. The second-order valence-electron chi connectivity index (χ2n) is 6.09. The number of ether oxygens (including phenoxy) is 1. The number of aromatic nitrogens is 3. The molecule has 1 amide bonds. The van der Waals surface area contributed by atoms with Gasteiger partial charge in [-0.15, -0.1) is 15.8 Å². The van der Waals surface area contributed by atoms with Crippen LogP contribution in [0.2, 0.25) is 0 Å². The van der Waals surface area contributed by atoms with Crippen molar-refractivity contribution in [2.24, 2.45) is 0 Å². The first-order chi connectivity index (χ1) is 14.0. The first-order valence-corrected chi connectivity index (χ1v) is 10.4. The molecule has 29 heavy (non-hydrogen) atoms. The first-order valence-electron chi connectivity index (χ1n) is 8.91. The van der Waals surface area contributed by atoms with Gasteiger partial charge in [-0.1, -0.05) is 6.92 Å². The van der Waals surface area contributed by atoms with Crippen LogP contribution in [0.5, 0.6) is 5.88 Å². The SMILES string of the molecule is C/C=S(\CCC)Nc1cc(F)cc(C(=O)Nc2cnc3[nH]nc(OC)c3c2)c1F. The Balaban J connectivity index is 1.89. The smallest absolute Gasteiger partial charge is 0.258 e. The summed E-state index contributed by atoms with van der Waals surface area (Å²) in [4.78, 5) is 16.7. The molecule has 2 aromatic heterocycles. The Labute approximate surface area is 168 Å². The van der Waals surface area contributed by atoms with Gasteiger partial charge < -0.3 is 14.8 Å². The lowest BCUT2D eigenvalue weighted by molar-refractivity contribution is 0.102. The summed E-state index contributed by atoms with van der Waals surface area (Å²) in [7, 11) is 1.03. The van der Waals surface area contributed by atoms with Crippen LogP contribution in [-0.2, 0) is 0 Å². The number of carbonyl (C=O) groups excluding carboxylic acids is 1. The fourth-order valence-electron chi connectivity index (χ4n) is 2.72. The number of carbonyl (C=O) groups is 1. The molecule has 3 rings (SSSR count). The molecule has 0 aliphatic heterocycles. The number of methoxy groups -OCH3 is 1. The molecule has 154 valence electrons. The fraction of sp³-hybridized carbons (Fsp3) is 0.263. The minimum Gasteiger partial charge on any atom is -0.479 e. The molecule has 1 aromatic carbocycles. The van der Waals surface area contributed by atoms with E-state index in [-0.39, 0.29) is 5.69 Å². The van der Waals surface area contributed by atoms with Crippen LogP contribution in [0, 0.1) is 11.6 Å². The second kappa shape index (κ2) is 8.99. The van der Waals surface area contributed by atoms with Crippen molar-refractivity contribution in [2.75, 3.05) is 22.9 Å². The third-order valence-corrected chi connectivity index (χ3v) is 5.96. The van der Waals surface area contributed by atoms with Crippen molar-refractivity contribution in [3.05, 3.63) is 41.6 Å². The molecule has 0 aliphatic carbocycles. The molecule has 0 bridgehead atoms. The average Bonchev–Trinajstić information content (AvgIpc) is 3.12. The number of rotatable bonds is 7. The van der Waals surface area contributed by atoms with E-state index in [4.69, 9.17) is 4.74 Å². The minimum atomic E-state index is -0.811. The topological polar surface area (TPSA) is 91.9 Å². The highest BCUT2D eigenvalue weighted by atomic mass is 32.2. The lowest BCUT2D eigenvalue weighted by Crippen LogP contribution is -2.15. The van der Waals surface area contributed by atoms with Crippen molar-refractivity contribution in [3.63, 3.8) is 0 Å². The maximum atomic E-state index is 14.9. The van der Waals surface area contributed by atoms with Crippen LogP contribution in [0.25, 0.3) is 11.0 Å². The summed E-state index contributed by atoms with van der Waals surface area (Å²) in [6.45, 7) is 3.86. The van der Waals surface area contributed by atoms with E-state index >= 15 is 0 Å². The van der Waals surface area contributed by atoms with E-state index in [1.54, 1.807) is 6.07 Å². The quantitative estimate of drug-likeness (QED) is 0.494. The molecular weight excluding hydrogens is 400 g/mol. The summed E-state index contributed by atoms with van der Waals surface area (Å²) < 4.78 is 37.1. The van der Waals surface area contributed by atoms with Crippen molar-refractivity contribution in [3.8, 4) is 5.88 Å². The van der Waals surface area contributed by atoms with Crippen LogP contribution in [0.1, 0.15) is 30.6 Å². The van der Waals surface area contributed by atoms with Crippen molar-refractivity contribution in [1.29, 1.82) is 0 Å². The van der Waals surface area contributed by atoms with E-state index in [0.717, 1.165) is 24.3 Å². The predicted octanol–water partition coefficient (Wildman–Crippen LogP) is 4.32. The molecule has 0 saturated carbocycles. The number of hydrogen-bond acceptors (Lipinski definition) is 5.